The summed E-state index contributed by atoms with van der Waals surface area (Å²) in [5, 5.41) is 5.31. The Morgan fingerprint density at radius 2 is 1.39 bits per heavy atom. The fourth-order valence-electron chi connectivity index (χ4n) is 11.2. The SMILES string of the molecule is CC(C)(C)c1ccc(N2c3cc(-c4cccc5c4sc4ccccc45)cc4c3B(c3cc(C(C)(C)C)ccc3O4)c3ccc4c(c32)c2ccc3c(c2n4C(C)(C)C)CCC3)cc1. The second-order valence-electron chi connectivity index (χ2n) is 21.2. The van der Waals surface area contributed by atoms with Gasteiger partial charge in [-0.1, -0.05) is 120 Å². The molecule has 3 nitrogen and oxygen atoms in total. The molecule has 3 aliphatic rings. The molecule has 0 atom stereocenters. The molecule has 1 aliphatic carbocycles. The monoisotopic (exact) mass is 824 g/mol. The number of aromatic nitrogens is 1. The van der Waals surface area contributed by atoms with Gasteiger partial charge in [0.05, 0.1) is 16.7 Å². The lowest BCUT2D eigenvalue weighted by Crippen LogP contribution is -2.59. The second-order valence-corrected chi connectivity index (χ2v) is 22.3. The summed E-state index contributed by atoms with van der Waals surface area (Å²) in [7, 11) is 0. The van der Waals surface area contributed by atoms with Crippen LogP contribution in [-0.4, -0.2) is 11.3 Å². The van der Waals surface area contributed by atoms with Crippen LogP contribution in [0.25, 0.3) is 53.1 Å². The van der Waals surface area contributed by atoms with Gasteiger partial charge >= 0.3 is 0 Å². The minimum absolute atomic E-state index is 0.0201. The minimum atomic E-state index is -0.131. The maximum atomic E-state index is 7.22. The lowest BCUT2D eigenvalue weighted by Gasteiger charge is -2.41. The van der Waals surface area contributed by atoms with E-state index in [1.807, 2.05) is 11.3 Å². The van der Waals surface area contributed by atoms with Gasteiger partial charge in [0.2, 0.25) is 0 Å². The van der Waals surface area contributed by atoms with Gasteiger partial charge in [-0.25, -0.2) is 0 Å². The van der Waals surface area contributed by atoms with Crippen molar-refractivity contribution in [2.75, 3.05) is 4.90 Å². The number of anilines is 3. The zero-order valence-electron chi connectivity index (χ0n) is 37.5. The molecule has 0 saturated heterocycles. The van der Waals surface area contributed by atoms with E-state index in [1.165, 1.54) is 110 Å². The van der Waals surface area contributed by atoms with Crippen molar-refractivity contribution in [3.8, 4) is 22.6 Å². The summed E-state index contributed by atoms with van der Waals surface area (Å²) < 4.78 is 12.5. The Kier molecular flexibility index (Phi) is 7.89. The molecule has 0 saturated carbocycles. The number of fused-ring (bicyclic) bond motifs is 13. The number of aryl methyl sites for hydroxylation is 2. The molecule has 2 aromatic heterocycles. The molecule has 5 heteroatoms. The molecule has 0 spiro atoms. The Morgan fingerprint density at radius 3 is 2.16 bits per heavy atom. The van der Waals surface area contributed by atoms with E-state index < -0.39 is 0 Å². The van der Waals surface area contributed by atoms with Crippen LogP contribution < -0.4 is 26.0 Å². The van der Waals surface area contributed by atoms with E-state index in [9.17, 15) is 0 Å². The lowest BCUT2D eigenvalue weighted by atomic mass is 9.34. The lowest BCUT2D eigenvalue weighted by molar-refractivity contribution is 0.422. The first kappa shape index (κ1) is 37.9. The van der Waals surface area contributed by atoms with Gasteiger partial charge < -0.3 is 14.2 Å². The summed E-state index contributed by atoms with van der Waals surface area (Å²) in [4.78, 5) is 2.62. The molecule has 7 aromatic carbocycles. The van der Waals surface area contributed by atoms with Gasteiger partial charge in [0.25, 0.3) is 6.71 Å². The Labute approximate surface area is 370 Å². The molecule has 2 aliphatic heterocycles. The van der Waals surface area contributed by atoms with Crippen LogP contribution in [0.2, 0.25) is 0 Å². The summed E-state index contributed by atoms with van der Waals surface area (Å²) in [5.41, 5.74) is 18.1. The number of ether oxygens (including phenoxy) is 1. The highest BCUT2D eigenvalue weighted by atomic mass is 32.1. The number of benzene rings is 7. The first-order valence-electron chi connectivity index (χ1n) is 22.6. The van der Waals surface area contributed by atoms with E-state index in [0.29, 0.717) is 0 Å². The standard InChI is InChI=1S/C57H53BN2OS/c1-55(2,3)35-21-24-37(25-22-35)59-46-30-34(39-17-13-18-41-40-15-10-11-19-49(40)62-54(39)41)31-48-51(46)58(44-32-36(56(4,5)6)23-29-47(44)61-48)43-27-28-45-50(53(43)59)42-26-20-33-14-12-16-38(33)52(42)60(45)57(7,8)9/h10-11,13,15,17-32H,12,14,16H2,1-9H3. The number of thiophene rings is 1. The number of hydrogen-bond acceptors (Lipinski definition) is 3. The highest BCUT2D eigenvalue weighted by Gasteiger charge is 2.44. The number of hydrogen-bond donors (Lipinski definition) is 0. The molecule has 0 N–H and O–H groups in total. The molecule has 0 unspecified atom stereocenters. The van der Waals surface area contributed by atoms with E-state index >= 15 is 0 Å². The molecule has 0 amide bonds. The molecule has 9 aromatic rings. The van der Waals surface area contributed by atoms with Crippen molar-refractivity contribution in [1.29, 1.82) is 0 Å². The van der Waals surface area contributed by atoms with Crippen LogP contribution in [0.4, 0.5) is 17.1 Å². The van der Waals surface area contributed by atoms with Crippen molar-refractivity contribution in [3.05, 3.63) is 144 Å². The summed E-state index contributed by atoms with van der Waals surface area (Å²) in [6.45, 7) is 21.0. The maximum absolute atomic E-state index is 7.22. The van der Waals surface area contributed by atoms with Gasteiger partial charge in [0, 0.05) is 47.9 Å². The van der Waals surface area contributed by atoms with Gasteiger partial charge in [0.15, 0.2) is 0 Å². The average Bonchev–Trinajstić information content (AvgIpc) is 3.96. The van der Waals surface area contributed by atoms with E-state index in [2.05, 4.69) is 193 Å². The van der Waals surface area contributed by atoms with Gasteiger partial charge in [-0.05, 0) is 143 Å². The highest BCUT2D eigenvalue weighted by Crippen LogP contribution is 2.51. The summed E-state index contributed by atoms with van der Waals surface area (Å²) in [6, 6.07) is 46.7. The number of nitrogens with zero attached hydrogens (tertiary/aromatic N) is 2. The Bertz CT molecular complexity index is 3360. The van der Waals surface area contributed by atoms with E-state index in [0.717, 1.165) is 30.0 Å². The molecule has 306 valence electrons. The third-order valence-electron chi connectivity index (χ3n) is 14.1. The van der Waals surface area contributed by atoms with Crippen LogP contribution in [0, 0.1) is 0 Å². The summed E-state index contributed by atoms with van der Waals surface area (Å²) in [6.07, 6.45) is 3.49. The largest absolute Gasteiger partial charge is 0.458 e. The fourth-order valence-corrected chi connectivity index (χ4v) is 12.4. The molecule has 12 rings (SSSR count). The zero-order valence-corrected chi connectivity index (χ0v) is 38.3. The maximum Gasteiger partial charge on any atom is 0.256 e. The van der Waals surface area contributed by atoms with Crippen molar-refractivity contribution in [3.63, 3.8) is 0 Å². The van der Waals surface area contributed by atoms with Gasteiger partial charge in [-0.15, -0.1) is 11.3 Å². The zero-order chi connectivity index (χ0) is 42.6. The van der Waals surface area contributed by atoms with E-state index in [4.69, 9.17) is 4.74 Å². The van der Waals surface area contributed by atoms with Crippen LogP contribution in [-0.2, 0) is 29.2 Å². The predicted octanol–water partition coefficient (Wildman–Crippen LogP) is 14.1. The number of rotatable bonds is 2. The average molecular weight is 825 g/mol. The molecule has 0 bridgehead atoms. The first-order chi connectivity index (χ1) is 29.6. The normalized spacial score (nSPS) is 14.7. The van der Waals surface area contributed by atoms with Crippen molar-refractivity contribution < 1.29 is 4.74 Å². The third kappa shape index (κ3) is 5.43. The van der Waals surface area contributed by atoms with Crippen LogP contribution in [0.15, 0.2) is 121 Å². The van der Waals surface area contributed by atoms with Crippen LogP contribution in [0.3, 0.4) is 0 Å². The minimum Gasteiger partial charge on any atom is -0.458 e. The summed E-state index contributed by atoms with van der Waals surface area (Å²) in [5.74, 6) is 1.89. The second kappa shape index (κ2) is 12.9. The Hall–Kier alpha value is -5.78. The van der Waals surface area contributed by atoms with Gasteiger partial charge in [0.1, 0.15) is 11.5 Å². The van der Waals surface area contributed by atoms with Crippen molar-refractivity contribution >= 4 is 93.5 Å². The Morgan fingerprint density at radius 1 is 0.629 bits per heavy atom. The van der Waals surface area contributed by atoms with Crippen molar-refractivity contribution in [2.24, 2.45) is 0 Å². The molecular formula is C57H53BN2OS. The Balaban J connectivity index is 1.24. The van der Waals surface area contributed by atoms with Crippen LogP contribution >= 0.6 is 11.3 Å². The summed E-state index contributed by atoms with van der Waals surface area (Å²) >= 11 is 1.89. The van der Waals surface area contributed by atoms with Gasteiger partial charge in [-0.2, -0.15) is 0 Å². The molecule has 4 heterocycles. The molecule has 62 heavy (non-hydrogen) atoms. The topological polar surface area (TPSA) is 17.4 Å². The van der Waals surface area contributed by atoms with Crippen LogP contribution in [0.5, 0.6) is 11.5 Å². The van der Waals surface area contributed by atoms with Gasteiger partial charge in [-0.3, -0.25) is 0 Å². The quantitative estimate of drug-likeness (QED) is 0.162. The highest BCUT2D eigenvalue weighted by molar-refractivity contribution is 7.26. The smallest absolute Gasteiger partial charge is 0.256 e. The van der Waals surface area contributed by atoms with Crippen molar-refractivity contribution in [1.82, 2.24) is 4.57 Å². The van der Waals surface area contributed by atoms with E-state index in [1.54, 1.807) is 0 Å². The molecular weight excluding hydrogens is 772 g/mol. The fraction of sp³-hybridized carbons (Fsp3) is 0.263. The predicted molar refractivity (Wildman–Crippen MR) is 268 cm³/mol. The van der Waals surface area contributed by atoms with Crippen molar-refractivity contribution in [2.45, 2.75) is 97.9 Å². The molecule has 0 radical (unpaired) electrons. The third-order valence-corrected chi connectivity index (χ3v) is 15.4. The first-order valence-corrected chi connectivity index (χ1v) is 23.4. The molecule has 0 fully saturated rings. The van der Waals surface area contributed by atoms with E-state index in [-0.39, 0.29) is 23.1 Å². The van der Waals surface area contributed by atoms with Crippen LogP contribution in [0.1, 0.15) is 91.0 Å².